The minimum Gasteiger partial charge on any atom is -0.397 e. The fourth-order valence-corrected chi connectivity index (χ4v) is 3.18. The van der Waals surface area contributed by atoms with E-state index in [0.29, 0.717) is 23.6 Å². The van der Waals surface area contributed by atoms with Crippen LogP contribution in [0.3, 0.4) is 0 Å². The van der Waals surface area contributed by atoms with Gasteiger partial charge in [-0.15, -0.1) is 11.3 Å². The van der Waals surface area contributed by atoms with E-state index in [1.807, 2.05) is 0 Å². The highest BCUT2D eigenvalue weighted by molar-refractivity contribution is 7.18. The number of carbonyl (C=O) groups excluding carboxylic acids is 1. The lowest BCUT2D eigenvalue weighted by Gasteiger charge is -2.18. The fourth-order valence-electron chi connectivity index (χ4n) is 1.98. The van der Waals surface area contributed by atoms with Gasteiger partial charge >= 0.3 is 0 Å². The van der Waals surface area contributed by atoms with Crippen molar-refractivity contribution < 1.29 is 4.79 Å². The summed E-state index contributed by atoms with van der Waals surface area (Å²) in [6, 6.07) is 0.389. The van der Waals surface area contributed by atoms with E-state index in [9.17, 15) is 4.79 Å². The van der Waals surface area contributed by atoms with Crippen molar-refractivity contribution in [3.05, 3.63) is 10.4 Å². The highest BCUT2D eigenvalue weighted by Crippen LogP contribution is 2.51. The number of nitrogens with one attached hydrogen (secondary N) is 1. The molecule has 0 amide bonds. The summed E-state index contributed by atoms with van der Waals surface area (Å²) in [5.74, 6) is 1.20. The molecule has 1 unspecified atom stereocenters. The molecule has 3 nitrogen and oxygen atoms in total. The predicted octanol–water partition coefficient (Wildman–Crippen LogP) is 3.87. The van der Waals surface area contributed by atoms with Gasteiger partial charge in [-0.3, -0.25) is 4.79 Å². The number of rotatable bonds is 5. The summed E-state index contributed by atoms with van der Waals surface area (Å²) in [5, 5.41) is 4.65. The lowest BCUT2D eigenvalue weighted by atomic mass is 10.1. The molecular weight excluding hydrogens is 244 g/mol. The van der Waals surface area contributed by atoms with Gasteiger partial charge in [-0.25, -0.2) is 0 Å². The summed E-state index contributed by atoms with van der Waals surface area (Å²) >= 11 is 1.52. The second kappa shape index (κ2) is 4.92. The van der Waals surface area contributed by atoms with E-state index < -0.39 is 0 Å². The summed E-state index contributed by atoms with van der Waals surface area (Å²) in [6.07, 6.45) is 2.39. The van der Waals surface area contributed by atoms with Crippen LogP contribution < -0.4 is 11.1 Å². The molecule has 18 heavy (non-hydrogen) atoms. The molecule has 1 fully saturated rings. The lowest BCUT2D eigenvalue weighted by molar-refractivity contribution is 0.102. The Hall–Kier alpha value is -1.03. The molecule has 0 spiro atoms. The van der Waals surface area contributed by atoms with E-state index in [-0.39, 0.29) is 5.78 Å². The van der Waals surface area contributed by atoms with E-state index >= 15 is 0 Å². The van der Waals surface area contributed by atoms with Gasteiger partial charge in [0, 0.05) is 18.5 Å². The van der Waals surface area contributed by atoms with Gasteiger partial charge in [0.05, 0.1) is 15.6 Å². The van der Waals surface area contributed by atoms with Crippen molar-refractivity contribution in [1.82, 2.24) is 0 Å². The van der Waals surface area contributed by atoms with Crippen molar-refractivity contribution in [2.75, 3.05) is 11.1 Å². The molecule has 1 aromatic heterocycles. The molecule has 3 N–H and O–H groups in total. The SMILES string of the molecule is CC(=O)c1sc(NC(C)C(C)C)c(C2CC2)c1N. The molecule has 1 aliphatic rings. The van der Waals surface area contributed by atoms with Crippen molar-refractivity contribution in [3.8, 4) is 0 Å². The van der Waals surface area contributed by atoms with Gasteiger partial charge < -0.3 is 11.1 Å². The number of carbonyl (C=O) groups is 1. The van der Waals surface area contributed by atoms with Gasteiger partial charge in [-0.2, -0.15) is 0 Å². The zero-order chi connectivity index (χ0) is 13.4. The summed E-state index contributed by atoms with van der Waals surface area (Å²) in [4.78, 5) is 12.3. The topological polar surface area (TPSA) is 55.1 Å². The van der Waals surface area contributed by atoms with Crippen LogP contribution in [-0.2, 0) is 0 Å². The van der Waals surface area contributed by atoms with Gasteiger partial charge in [0.1, 0.15) is 0 Å². The smallest absolute Gasteiger partial charge is 0.171 e. The minimum atomic E-state index is 0.0738. The van der Waals surface area contributed by atoms with E-state index in [1.54, 1.807) is 6.92 Å². The van der Waals surface area contributed by atoms with Gasteiger partial charge in [0.15, 0.2) is 5.78 Å². The van der Waals surface area contributed by atoms with Crippen molar-refractivity contribution in [2.24, 2.45) is 5.92 Å². The maximum Gasteiger partial charge on any atom is 0.171 e. The summed E-state index contributed by atoms with van der Waals surface area (Å²) in [5.41, 5.74) is 8.06. The van der Waals surface area contributed by atoms with E-state index in [1.165, 1.54) is 29.7 Å². The summed E-state index contributed by atoms with van der Waals surface area (Å²) in [6.45, 7) is 8.15. The average Bonchev–Trinajstić information content (AvgIpc) is 3.04. The van der Waals surface area contributed by atoms with E-state index in [2.05, 4.69) is 26.1 Å². The largest absolute Gasteiger partial charge is 0.397 e. The monoisotopic (exact) mass is 266 g/mol. The van der Waals surface area contributed by atoms with Crippen LogP contribution in [0.5, 0.6) is 0 Å². The first-order valence-electron chi connectivity index (χ1n) is 6.61. The van der Waals surface area contributed by atoms with Gasteiger partial charge in [-0.05, 0) is 31.6 Å². The number of Topliss-reactive ketones (excluding diaryl/α,β-unsaturated/α-hetero) is 1. The third kappa shape index (κ3) is 2.53. The first-order valence-corrected chi connectivity index (χ1v) is 7.43. The van der Waals surface area contributed by atoms with E-state index in [0.717, 1.165) is 9.88 Å². The molecule has 1 aromatic rings. The first kappa shape index (κ1) is 13.4. The van der Waals surface area contributed by atoms with Gasteiger partial charge in [-0.1, -0.05) is 13.8 Å². The molecule has 100 valence electrons. The maximum atomic E-state index is 11.6. The standard InChI is InChI=1S/C14H22N2OS/c1-7(2)8(3)16-14-11(10-5-6-10)12(15)13(18-14)9(4)17/h7-8,10,16H,5-6,15H2,1-4H3. The van der Waals surface area contributed by atoms with Gasteiger partial charge in [0.25, 0.3) is 0 Å². The van der Waals surface area contributed by atoms with Gasteiger partial charge in [0.2, 0.25) is 0 Å². The highest BCUT2D eigenvalue weighted by Gasteiger charge is 2.32. The number of anilines is 2. The molecule has 2 rings (SSSR count). The Labute approximate surface area is 113 Å². The molecule has 0 bridgehead atoms. The summed E-state index contributed by atoms with van der Waals surface area (Å²) in [7, 11) is 0. The number of thiophene rings is 1. The Morgan fingerprint density at radius 2 is 2.00 bits per heavy atom. The Bertz CT molecular complexity index is 461. The molecule has 1 aliphatic carbocycles. The highest BCUT2D eigenvalue weighted by atomic mass is 32.1. The molecular formula is C14H22N2OS. The zero-order valence-corrected chi connectivity index (χ0v) is 12.4. The Morgan fingerprint density at radius 1 is 1.39 bits per heavy atom. The normalized spacial score (nSPS) is 16.9. The zero-order valence-electron chi connectivity index (χ0n) is 11.5. The number of ketones is 1. The third-order valence-corrected chi connectivity index (χ3v) is 4.90. The summed E-state index contributed by atoms with van der Waals surface area (Å²) < 4.78 is 0. The predicted molar refractivity (Wildman–Crippen MR) is 78.6 cm³/mol. The van der Waals surface area contributed by atoms with Crippen LogP contribution in [0.1, 0.15) is 61.7 Å². The molecule has 0 saturated heterocycles. The van der Waals surface area contributed by atoms with Crippen molar-refractivity contribution in [2.45, 2.75) is 52.5 Å². The van der Waals surface area contributed by atoms with Crippen LogP contribution in [0.15, 0.2) is 0 Å². The maximum absolute atomic E-state index is 11.6. The molecule has 1 saturated carbocycles. The molecule has 0 radical (unpaired) electrons. The van der Waals surface area contributed by atoms with Crippen molar-refractivity contribution in [1.29, 1.82) is 0 Å². The molecule has 1 atom stereocenters. The Kier molecular flexibility index (Phi) is 3.66. The third-order valence-electron chi connectivity index (χ3n) is 3.65. The van der Waals surface area contributed by atoms with Crippen LogP contribution in [0.2, 0.25) is 0 Å². The van der Waals surface area contributed by atoms with Crippen molar-refractivity contribution >= 4 is 27.8 Å². The second-order valence-corrected chi connectivity index (χ2v) is 6.62. The molecule has 1 heterocycles. The Morgan fingerprint density at radius 3 is 2.44 bits per heavy atom. The van der Waals surface area contributed by atoms with Crippen LogP contribution in [0.25, 0.3) is 0 Å². The van der Waals surface area contributed by atoms with Crippen LogP contribution in [0.4, 0.5) is 10.7 Å². The first-order chi connectivity index (χ1) is 8.41. The van der Waals surface area contributed by atoms with Crippen LogP contribution in [0, 0.1) is 5.92 Å². The van der Waals surface area contributed by atoms with E-state index in [4.69, 9.17) is 5.73 Å². The van der Waals surface area contributed by atoms with Crippen molar-refractivity contribution in [3.63, 3.8) is 0 Å². The molecule has 0 aliphatic heterocycles. The number of hydrogen-bond donors (Lipinski definition) is 2. The second-order valence-electron chi connectivity index (χ2n) is 5.60. The van der Waals surface area contributed by atoms with Crippen LogP contribution in [-0.4, -0.2) is 11.8 Å². The molecule has 4 heteroatoms. The lowest BCUT2D eigenvalue weighted by Crippen LogP contribution is -2.21. The number of hydrogen-bond acceptors (Lipinski definition) is 4. The minimum absolute atomic E-state index is 0.0738. The number of nitrogens with two attached hydrogens (primary N) is 1. The number of nitrogen functional groups attached to an aromatic ring is 1. The fraction of sp³-hybridized carbons (Fsp3) is 0.643. The Balaban J connectivity index is 2.33. The van der Waals surface area contributed by atoms with Crippen LogP contribution >= 0.6 is 11.3 Å². The average molecular weight is 266 g/mol. The quantitative estimate of drug-likeness (QED) is 0.795. The molecule has 0 aromatic carbocycles.